The van der Waals surface area contributed by atoms with Crippen molar-refractivity contribution in [1.82, 2.24) is 15.2 Å². The lowest BCUT2D eigenvalue weighted by Crippen LogP contribution is -2.11. The van der Waals surface area contributed by atoms with Crippen molar-refractivity contribution in [2.75, 3.05) is 11.9 Å². The van der Waals surface area contributed by atoms with E-state index in [1.807, 2.05) is 6.07 Å². The zero-order valence-corrected chi connectivity index (χ0v) is 11.6. The first-order chi connectivity index (χ1) is 9.28. The maximum absolute atomic E-state index is 12.1. The van der Waals surface area contributed by atoms with Crippen molar-refractivity contribution < 1.29 is 0 Å². The number of fused-ring (bicyclic) bond motifs is 1. The Balaban J connectivity index is 1.93. The SMILES string of the molecule is CCCNc1nnc(-c2cc3c([nH]c2=O)CCC3)s1. The van der Waals surface area contributed by atoms with Gasteiger partial charge in [0, 0.05) is 12.2 Å². The number of pyridine rings is 1. The molecule has 0 fully saturated rings. The van der Waals surface area contributed by atoms with Gasteiger partial charge in [-0.25, -0.2) is 0 Å². The Morgan fingerprint density at radius 2 is 2.32 bits per heavy atom. The molecule has 0 saturated heterocycles. The Bertz CT molecular complexity index is 646. The summed E-state index contributed by atoms with van der Waals surface area (Å²) in [5.74, 6) is 0. The molecule has 2 aromatic rings. The van der Waals surface area contributed by atoms with Gasteiger partial charge in [-0.05, 0) is 37.3 Å². The lowest BCUT2D eigenvalue weighted by atomic mass is 10.1. The van der Waals surface area contributed by atoms with Crippen LogP contribution in [-0.2, 0) is 12.8 Å². The molecule has 2 aromatic heterocycles. The lowest BCUT2D eigenvalue weighted by Gasteiger charge is -2.01. The minimum absolute atomic E-state index is 0.0566. The second-order valence-corrected chi connectivity index (χ2v) is 5.69. The first kappa shape index (κ1) is 12.3. The standard InChI is InChI=1S/C13H16N4OS/c1-2-6-14-13-17-16-12(19-13)9-7-8-4-3-5-10(8)15-11(9)18/h7H,2-6H2,1H3,(H,14,17)(H,15,18). The van der Waals surface area contributed by atoms with Crippen LogP contribution in [0.3, 0.4) is 0 Å². The molecule has 0 aliphatic heterocycles. The summed E-state index contributed by atoms with van der Waals surface area (Å²) in [5, 5.41) is 12.8. The molecule has 0 spiro atoms. The molecule has 5 nitrogen and oxygen atoms in total. The number of nitrogens with one attached hydrogen (secondary N) is 2. The van der Waals surface area contributed by atoms with Crippen LogP contribution in [0.15, 0.2) is 10.9 Å². The summed E-state index contributed by atoms with van der Waals surface area (Å²) in [6.45, 7) is 2.97. The molecule has 0 saturated carbocycles. The number of hydrogen-bond acceptors (Lipinski definition) is 5. The van der Waals surface area contributed by atoms with Crippen LogP contribution in [0.1, 0.15) is 31.0 Å². The molecule has 2 N–H and O–H groups in total. The van der Waals surface area contributed by atoms with Crippen LogP contribution < -0.4 is 10.9 Å². The highest BCUT2D eigenvalue weighted by Crippen LogP contribution is 2.27. The summed E-state index contributed by atoms with van der Waals surface area (Å²) in [5.41, 5.74) is 2.91. The monoisotopic (exact) mass is 276 g/mol. The molecule has 19 heavy (non-hydrogen) atoms. The van der Waals surface area contributed by atoms with Crippen LogP contribution in [0.2, 0.25) is 0 Å². The third-order valence-electron chi connectivity index (χ3n) is 3.27. The maximum atomic E-state index is 12.1. The van der Waals surface area contributed by atoms with Gasteiger partial charge in [-0.3, -0.25) is 4.79 Å². The van der Waals surface area contributed by atoms with Crippen LogP contribution in [-0.4, -0.2) is 21.7 Å². The number of aromatic nitrogens is 3. The molecule has 100 valence electrons. The Labute approximate surface area is 115 Å². The van der Waals surface area contributed by atoms with Crippen molar-refractivity contribution in [3.05, 3.63) is 27.7 Å². The number of nitrogens with zero attached hydrogens (tertiary/aromatic N) is 2. The van der Waals surface area contributed by atoms with Gasteiger partial charge in [0.25, 0.3) is 5.56 Å². The Morgan fingerprint density at radius 3 is 3.16 bits per heavy atom. The second-order valence-electron chi connectivity index (χ2n) is 4.71. The third-order valence-corrected chi connectivity index (χ3v) is 4.18. The Morgan fingerprint density at radius 1 is 1.42 bits per heavy atom. The van der Waals surface area contributed by atoms with Crippen LogP contribution in [0.4, 0.5) is 5.13 Å². The van der Waals surface area contributed by atoms with Gasteiger partial charge in [0.1, 0.15) is 0 Å². The maximum Gasteiger partial charge on any atom is 0.258 e. The van der Waals surface area contributed by atoms with Crippen LogP contribution in [0.5, 0.6) is 0 Å². The topological polar surface area (TPSA) is 70.7 Å². The smallest absolute Gasteiger partial charge is 0.258 e. The Hall–Kier alpha value is -1.69. The van der Waals surface area contributed by atoms with E-state index in [0.29, 0.717) is 10.6 Å². The summed E-state index contributed by atoms with van der Waals surface area (Å²) >= 11 is 1.43. The normalized spacial score (nSPS) is 13.5. The number of aromatic amines is 1. The van der Waals surface area contributed by atoms with E-state index in [9.17, 15) is 4.79 Å². The van der Waals surface area contributed by atoms with Crippen molar-refractivity contribution in [2.24, 2.45) is 0 Å². The molecule has 1 aliphatic rings. The highest BCUT2D eigenvalue weighted by atomic mass is 32.1. The number of hydrogen-bond donors (Lipinski definition) is 2. The van der Waals surface area contributed by atoms with E-state index in [-0.39, 0.29) is 5.56 Å². The van der Waals surface area contributed by atoms with Gasteiger partial charge in [-0.15, -0.1) is 10.2 Å². The molecule has 0 atom stereocenters. The zero-order chi connectivity index (χ0) is 13.2. The number of anilines is 1. The average Bonchev–Trinajstić information content (AvgIpc) is 3.03. The zero-order valence-electron chi connectivity index (χ0n) is 10.8. The molecule has 6 heteroatoms. The average molecular weight is 276 g/mol. The first-order valence-electron chi connectivity index (χ1n) is 6.60. The molecule has 0 amide bonds. The van der Waals surface area contributed by atoms with Crippen molar-refractivity contribution in [3.63, 3.8) is 0 Å². The molecular formula is C13H16N4OS. The summed E-state index contributed by atoms with van der Waals surface area (Å²) in [6, 6.07) is 1.98. The fourth-order valence-electron chi connectivity index (χ4n) is 2.31. The van der Waals surface area contributed by atoms with Gasteiger partial charge in [0.2, 0.25) is 5.13 Å². The lowest BCUT2D eigenvalue weighted by molar-refractivity contribution is 0.897. The minimum atomic E-state index is -0.0566. The number of rotatable bonds is 4. The van der Waals surface area contributed by atoms with Crippen LogP contribution >= 0.6 is 11.3 Å². The highest BCUT2D eigenvalue weighted by Gasteiger charge is 2.17. The molecular weight excluding hydrogens is 260 g/mol. The second kappa shape index (κ2) is 5.13. The highest BCUT2D eigenvalue weighted by molar-refractivity contribution is 7.18. The van der Waals surface area contributed by atoms with Crippen molar-refractivity contribution >= 4 is 16.5 Å². The summed E-state index contributed by atoms with van der Waals surface area (Å²) < 4.78 is 0. The fraction of sp³-hybridized carbons (Fsp3) is 0.462. The number of aryl methyl sites for hydroxylation is 2. The van der Waals surface area contributed by atoms with Gasteiger partial charge in [-0.2, -0.15) is 0 Å². The largest absolute Gasteiger partial charge is 0.360 e. The Kier molecular flexibility index (Phi) is 3.33. The summed E-state index contributed by atoms with van der Waals surface area (Å²) in [4.78, 5) is 15.0. The van der Waals surface area contributed by atoms with Gasteiger partial charge < -0.3 is 10.3 Å². The van der Waals surface area contributed by atoms with E-state index in [2.05, 4.69) is 27.4 Å². The number of H-pyrrole nitrogens is 1. The van der Waals surface area contributed by atoms with E-state index < -0.39 is 0 Å². The van der Waals surface area contributed by atoms with Crippen LogP contribution in [0, 0.1) is 0 Å². The quantitative estimate of drug-likeness (QED) is 0.898. The molecule has 0 aromatic carbocycles. The molecule has 1 aliphatic carbocycles. The van der Waals surface area contributed by atoms with E-state index in [0.717, 1.165) is 43.1 Å². The third kappa shape index (κ3) is 2.40. The summed E-state index contributed by atoms with van der Waals surface area (Å²) in [6.07, 6.45) is 4.17. The van der Waals surface area contributed by atoms with Gasteiger partial charge in [0.05, 0.1) is 5.56 Å². The fourth-order valence-corrected chi connectivity index (χ4v) is 3.09. The summed E-state index contributed by atoms with van der Waals surface area (Å²) in [7, 11) is 0. The van der Waals surface area contributed by atoms with E-state index >= 15 is 0 Å². The molecule has 0 unspecified atom stereocenters. The van der Waals surface area contributed by atoms with E-state index in [1.54, 1.807) is 0 Å². The van der Waals surface area contributed by atoms with Crippen molar-refractivity contribution in [2.45, 2.75) is 32.6 Å². The van der Waals surface area contributed by atoms with E-state index in [1.165, 1.54) is 16.9 Å². The minimum Gasteiger partial charge on any atom is -0.360 e. The predicted octanol–water partition coefficient (Wildman–Crippen LogP) is 2.20. The van der Waals surface area contributed by atoms with Gasteiger partial charge in [0.15, 0.2) is 5.01 Å². The first-order valence-corrected chi connectivity index (χ1v) is 7.42. The van der Waals surface area contributed by atoms with Crippen molar-refractivity contribution in [1.29, 1.82) is 0 Å². The van der Waals surface area contributed by atoms with Crippen LogP contribution in [0.25, 0.3) is 10.6 Å². The molecule has 3 rings (SSSR count). The van der Waals surface area contributed by atoms with E-state index in [4.69, 9.17) is 0 Å². The molecule has 2 heterocycles. The molecule has 0 radical (unpaired) electrons. The van der Waals surface area contributed by atoms with Crippen molar-refractivity contribution in [3.8, 4) is 10.6 Å². The predicted molar refractivity (Wildman–Crippen MR) is 76.8 cm³/mol. The van der Waals surface area contributed by atoms with Gasteiger partial charge in [-0.1, -0.05) is 18.3 Å². The molecule has 0 bridgehead atoms. The van der Waals surface area contributed by atoms with Gasteiger partial charge >= 0.3 is 0 Å².